The van der Waals surface area contributed by atoms with Gasteiger partial charge in [-0.3, -0.25) is 0 Å². The first-order valence-corrected chi connectivity index (χ1v) is 14.4. The van der Waals surface area contributed by atoms with Crippen LogP contribution in [0, 0.1) is 24.6 Å². The molecule has 6 nitrogen and oxygen atoms in total. The monoisotopic (exact) mass is 530 g/mol. The van der Waals surface area contributed by atoms with Crippen molar-refractivity contribution in [3.8, 4) is 16.3 Å². The molecule has 0 bridgehead atoms. The summed E-state index contributed by atoms with van der Waals surface area (Å²) in [6, 6.07) is 5.98. The Kier molecular flexibility index (Phi) is 8.40. The number of carbonyl (C=O) groups is 1. The Morgan fingerprint density at radius 3 is 2.72 bits per heavy atom. The number of anilines is 1. The van der Waals surface area contributed by atoms with E-state index in [0.717, 1.165) is 41.9 Å². The molecule has 0 saturated carbocycles. The zero-order valence-electron chi connectivity index (χ0n) is 21.6. The van der Waals surface area contributed by atoms with Crippen LogP contribution < -0.4 is 4.90 Å². The molecule has 0 amide bonds. The predicted octanol–water partition coefficient (Wildman–Crippen LogP) is 7.29. The summed E-state index contributed by atoms with van der Waals surface area (Å²) in [5, 5.41) is 15.6. The minimum Gasteiger partial charge on any atom is -0.476 e. The number of rotatable bonds is 8. The molecule has 194 valence electrons. The number of carboxylic acids is 1. The van der Waals surface area contributed by atoms with Crippen molar-refractivity contribution in [1.82, 2.24) is 14.8 Å². The van der Waals surface area contributed by atoms with Gasteiger partial charge in [-0.2, -0.15) is 14.8 Å². The Balaban J connectivity index is 1.76. The zero-order valence-corrected chi connectivity index (χ0v) is 23.3. The van der Waals surface area contributed by atoms with Crippen molar-refractivity contribution in [2.45, 2.75) is 69.8 Å². The maximum absolute atomic E-state index is 14.0. The van der Waals surface area contributed by atoms with Gasteiger partial charge in [-0.25, -0.2) is 9.18 Å². The van der Waals surface area contributed by atoms with Gasteiger partial charge < -0.3 is 10.0 Å². The van der Waals surface area contributed by atoms with Crippen molar-refractivity contribution in [1.29, 1.82) is 0 Å². The third-order valence-corrected chi connectivity index (χ3v) is 9.21. The standard InChI is InChI=1S/C27H35FN4O2S2/c1-6-17(4)19-10-8-13-31(14-12-19)24-26(35-16(2)3)36-27(29-24)32-23(25(33)34)22(18(5)30-32)20-9-7-11-21(28)15-20/h7,9,11,15-17,19H,6,8,10,12-14H2,1-5H3,(H,33,34). The van der Waals surface area contributed by atoms with Gasteiger partial charge in [-0.1, -0.05) is 57.6 Å². The highest BCUT2D eigenvalue weighted by Gasteiger charge is 2.29. The highest BCUT2D eigenvalue weighted by molar-refractivity contribution is 8.01. The van der Waals surface area contributed by atoms with Crippen molar-refractivity contribution >= 4 is 34.9 Å². The molecule has 4 rings (SSSR count). The molecule has 2 atom stereocenters. The number of halogens is 1. The summed E-state index contributed by atoms with van der Waals surface area (Å²) in [6.45, 7) is 12.6. The summed E-state index contributed by atoms with van der Waals surface area (Å²) in [5.41, 5.74) is 1.45. The van der Waals surface area contributed by atoms with E-state index in [9.17, 15) is 14.3 Å². The molecule has 3 aromatic rings. The smallest absolute Gasteiger partial charge is 0.355 e. The highest BCUT2D eigenvalue weighted by atomic mass is 32.2. The number of aromatic carboxylic acids is 1. The van der Waals surface area contributed by atoms with E-state index in [1.165, 1.54) is 41.0 Å². The van der Waals surface area contributed by atoms with Crippen LogP contribution in [0.15, 0.2) is 28.5 Å². The molecule has 1 fully saturated rings. The Bertz CT molecular complexity index is 1220. The van der Waals surface area contributed by atoms with Gasteiger partial charge in [0.15, 0.2) is 11.5 Å². The Morgan fingerprint density at radius 1 is 1.28 bits per heavy atom. The topological polar surface area (TPSA) is 71.2 Å². The fraction of sp³-hybridized carbons (Fsp3) is 0.519. The second-order valence-corrected chi connectivity index (χ2v) is 12.7. The van der Waals surface area contributed by atoms with Crippen LogP contribution in [0.25, 0.3) is 16.3 Å². The zero-order chi connectivity index (χ0) is 26.0. The van der Waals surface area contributed by atoms with E-state index in [4.69, 9.17) is 4.98 Å². The minimum absolute atomic E-state index is 0.00666. The third kappa shape index (κ3) is 5.62. The van der Waals surface area contributed by atoms with Crippen molar-refractivity contribution in [3.05, 3.63) is 41.5 Å². The highest BCUT2D eigenvalue weighted by Crippen LogP contribution is 2.42. The molecule has 1 N–H and O–H groups in total. The molecular formula is C27H35FN4O2S2. The van der Waals surface area contributed by atoms with Gasteiger partial charge in [0.1, 0.15) is 10.0 Å². The van der Waals surface area contributed by atoms with Gasteiger partial charge >= 0.3 is 5.97 Å². The lowest BCUT2D eigenvalue weighted by Gasteiger charge is -2.23. The number of aryl methyl sites for hydroxylation is 1. The van der Waals surface area contributed by atoms with Gasteiger partial charge in [0, 0.05) is 23.9 Å². The normalized spacial score (nSPS) is 17.4. The maximum Gasteiger partial charge on any atom is 0.355 e. The Hall–Kier alpha value is -2.39. The first kappa shape index (κ1) is 26.7. The number of thiazole rings is 1. The Morgan fingerprint density at radius 2 is 2.06 bits per heavy atom. The van der Waals surface area contributed by atoms with Gasteiger partial charge in [-0.05, 0) is 55.7 Å². The van der Waals surface area contributed by atoms with Crippen LogP contribution in [0.3, 0.4) is 0 Å². The summed E-state index contributed by atoms with van der Waals surface area (Å²) >= 11 is 3.23. The molecule has 0 aliphatic carbocycles. The SMILES string of the molecule is CCC(C)C1CCCN(c2nc(-n3nc(C)c(-c4cccc(F)c4)c3C(=O)O)sc2SC(C)C)CC1. The van der Waals surface area contributed by atoms with E-state index in [-0.39, 0.29) is 5.69 Å². The molecule has 0 spiro atoms. The van der Waals surface area contributed by atoms with Crippen LogP contribution in [-0.2, 0) is 0 Å². The Labute approximate surface area is 220 Å². The van der Waals surface area contributed by atoms with Crippen LogP contribution in [0.4, 0.5) is 10.2 Å². The minimum atomic E-state index is -1.11. The fourth-order valence-corrected chi connectivity index (χ4v) is 7.44. The van der Waals surface area contributed by atoms with Gasteiger partial charge in [0.25, 0.3) is 0 Å². The van der Waals surface area contributed by atoms with Gasteiger partial charge in [-0.15, -0.1) is 11.8 Å². The molecule has 9 heteroatoms. The van der Waals surface area contributed by atoms with Crippen molar-refractivity contribution < 1.29 is 14.3 Å². The molecule has 0 radical (unpaired) electrons. The lowest BCUT2D eigenvalue weighted by molar-refractivity contribution is 0.0688. The van der Waals surface area contributed by atoms with Crippen LogP contribution in [-0.4, -0.2) is 44.2 Å². The number of aromatic nitrogens is 3. The number of thioether (sulfide) groups is 1. The second kappa shape index (κ2) is 11.3. The summed E-state index contributed by atoms with van der Waals surface area (Å²) in [6.07, 6.45) is 4.69. The van der Waals surface area contributed by atoms with E-state index in [0.29, 0.717) is 33.1 Å². The van der Waals surface area contributed by atoms with E-state index >= 15 is 0 Å². The van der Waals surface area contributed by atoms with Crippen molar-refractivity contribution in [2.75, 3.05) is 18.0 Å². The van der Waals surface area contributed by atoms with Crippen molar-refractivity contribution in [2.24, 2.45) is 11.8 Å². The largest absolute Gasteiger partial charge is 0.476 e. The van der Waals surface area contributed by atoms with Gasteiger partial charge in [0.05, 0.1) is 5.69 Å². The molecular weight excluding hydrogens is 495 g/mol. The summed E-state index contributed by atoms with van der Waals surface area (Å²) in [4.78, 5) is 19.8. The lowest BCUT2D eigenvalue weighted by atomic mass is 9.86. The molecule has 1 aromatic carbocycles. The number of nitrogens with zero attached hydrogens (tertiary/aromatic N) is 4. The number of hydrogen-bond donors (Lipinski definition) is 1. The number of hydrogen-bond acceptors (Lipinski definition) is 6. The van der Waals surface area contributed by atoms with E-state index in [2.05, 4.69) is 37.7 Å². The van der Waals surface area contributed by atoms with Crippen LogP contribution in [0.5, 0.6) is 0 Å². The average molecular weight is 531 g/mol. The summed E-state index contributed by atoms with van der Waals surface area (Å²) < 4.78 is 16.5. The molecule has 3 heterocycles. The van der Waals surface area contributed by atoms with Crippen LogP contribution in [0.2, 0.25) is 0 Å². The maximum atomic E-state index is 14.0. The van der Waals surface area contributed by atoms with Gasteiger partial charge in [0.2, 0.25) is 5.13 Å². The molecule has 36 heavy (non-hydrogen) atoms. The quantitative estimate of drug-likeness (QED) is 0.308. The molecule has 1 aliphatic rings. The molecule has 2 aromatic heterocycles. The summed E-state index contributed by atoms with van der Waals surface area (Å²) in [5.74, 6) is 0.832. The fourth-order valence-electron chi connectivity index (χ4n) is 4.96. The lowest BCUT2D eigenvalue weighted by Crippen LogP contribution is -2.25. The number of carboxylic acid groups (broad SMARTS) is 1. The third-order valence-electron chi connectivity index (χ3n) is 6.99. The van der Waals surface area contributed by atoms with E-state index < -0.39 is 11.8 Å². The van der Waals surface area contributed by atoms with Crippen LogP contribution in [0.1, 0.15) is 69.6 Å². The van der Waals surface area contributed by atoms with E-state index in [1.54, 1.807) is 30.8 Å². The second-order valence-electron chi connectivity index (χ2n) is 9.87. The van der Waals surface area contributed by atoms with Crippen LogP contribution >= 0.6 is 23.1 Å². The average Bonchev–Trinajstić information content (AvgIpc) is 3.29. The first-order valence-electron chi connectivity index (χ1n) is 12.7. The number of benzene rings is 1. The molecule has 1 saturated heterocycles. The van der Waals surface area contributed by atoms with Crippen molar-refractivity contribution in [3.63, 3.8) is 0 Å². The van der Waals surface area contributed by atoms with E-state index in [1.807, 2.05) is 0 Å². The molecule has 1 aliphatic heterocycles. The first-order chi connectivity index (χ1) is 17.2. The summed E-state index contributed by atoms with van der Waals surface area (Å²) in [7, 11) is 0. The predicted molar refractivity (Wildman–Crippen MR) is 146 cm³/mol. The molecule has 2 unspecified atom stereocenters.